The zero-order valence-electron chi connectivity index (χ0n) is 15.4. The summed E-state index contributed by atoms with van der Waals surface area (Å²) in [4.78, 5) is 23.4. The highest BCUT2D eigenvalue weighted by atomic mass is 32.2. The first-order valence-corrected chi connectivity index (χ1v) is 9.35. The summed E-state index contributed by atoms with van der Waals surface area (Å²) in [7, 11) is 1.60. The highest BCUT2D eigenvalue weighted by molar-refractivity contribution is 7.99. The normalized spacial score (nSPS) is 10.5. The number of amides is 1. The number of thioether (sulfide) groups is 1. The van der Waals surface area contributed by atoms with Gasteiger partial charge in [0.2, 0.25) is 11.1 Å². The summed E-state index contributed by atoms with van der Waals surface area (Å²) in [6, 6.07) is 14.0. The van der Waals surface area contributed by atoms with Crippen molar-refractivity contribution in [3.8, 4) is 17.1 Å². The summed E-state index contributed by atoms with van der Waals surface area (Å²) in [6.45, 7) is 1.49. The lowest BCUT2D eigenvalue weighted by Crippen LogP contribution is -2.16. The van der Waals surface area contributed by atoms with Crippen LogP contribution in [-0.2, 0) is 4.79 Å². The van der Waals surface area contributed by atoms with Crippen LogP contribution in [0.2, 0.25) is 0 Å². The molecule has 0 bridgehead atoms. The Morgan fingerprint density at radius 2 is 1.79 bits per heavy atom. The van der Waals surface area contributed by atoms with Gasteiger partial charge in [-0.1, -0.05) is 11.8 Å². The maximum Gasteiger partial charge on any atom is 0.234 e. The van der Waals surface area contributed by atoms with Gasteiger partial charge in [0.25, 0.3) is 0 Å². The Hall–Kier alpha value is -3.33. The van der Waals surface area contributed by atoms with Crippen molar-refractivity contribution in [3.63, 3.8) is 0 Å². The van der Waals surface area contributed by atoms with Crippen LogP contribution < -0.4 is 15.9 Å². The Morgan fingerprint density at radius 3 is 2.39 bits per heavy atom. The van der Waals surface area contributed by atoms with Gasteiger partial charge in [0, 0.05) is 16.8 Å². The minimum Gasteiger partial charge on any atom is -0.497 e. The molecule has 8 nitrogen and oxygen atoms in total. The number of methoxy groups -OCH3 is 1. The minimum atomic E-state index is -0.213. The van der Waals surface area contributed by atoms with Crippen molar-refractivity contribution < 1.29 is 14.3 Å². The number of nitrogen functional groups attached to an aromatic ring is 1. The van der Waals surface area contributed by atoms with Gasteiger partial charge in [-0.25, -0.2) is 4.68 Å². The number of hydrogen-bond donors (Lipinski definition) is 2. The molecule has 144 valence electrons. The van der Waals surface area contributed by atoms with E-state index >= 15 is 0 Å². The number of Topliss-reactive ketones (excluding diaryl/α,β-unsaturated/α-hetero) is 1. The average molecular weight is 397 g/mol. The number of aromatic nitrogens is 3. The monoisotopic (exact) mass is 397 g/mol. The molecule has 2 aromatic carbocycles. The molecule has 0 aliphatic rings. The number of ketones is 1. The Labute approximate surface area is 166 Å². The van der Waals surface area contributed by atoms with Gasteiger partial charge in [-0.15, -0.1) is 10.2 Å². The van der Waals surface area contributed by atoms with E-state index < -0.39 is 0 Å². The average Bonchev–Trinajstić information content (AvgIpc) is 3.07. The number of nitrogens with zero attached hydrogens (tertiary/aromatic N) is 3. The summed E-state index contributed by atoms with van der Waals surface area (Å²) in [5.74, 6) is 7.17. The minimum absolute atomic E-state index is 0.0246. The molecule has 0 aliphatic carbocycles. The van der Waals surface area contributed by atoms with Gasteiger partial charge in [-0.3, -0.25) is 9.59 Å². The maximum atomic E-state index is 12.2. The molecule has 0 unspecified atom stereocenters. The number of rotatable bonds is 7. The number of hydrogen-bond acceptors (Lipinski definition) is 7. The van der Waals surface area contributed by atoms with Gasteiger partial charge in [0.1, 0.15) is 5.75 Å². The maximum absolute atomic E-state index is 12.2. The van der Waals surface area contributed by atoms with Crippen LogP contribution in [0.1, 0.15) is 17.3 Å². The van der Waals surface area contributed by atoms with Crippen LogP contribution in [-0.4, -0.2) is 39.4 Å². The lowest BCUT2D eigenvalue weighted by molar-refractivity contribution is -0.113. The van der Waals surface area contributed by atoms with Gasteiger partial charge in [-0.2, -0.15) is 0 Å². The SMILES string of the molecule is COc1ccc(-c2nnc(SCC(=O)Nc3ccc(C(C)=O)cc3)n2N)cc1. The third-order valence-electron chi connectivity index (χ3n) is 3.92. The second kappa shape index (κ2) is 8.57. The first-order valence-electron chi connectivity index (χ1n) is 8.36. The molecule has 0 aliphatic heterocycles. The number of nitrogens with one attached hydrogen (secondary N) is 1. The molecule has 0 fully saturated rings. The fourth-order valence-corrected chi connectivity index (χ4v) is 3.08. The number of anilines is 1. The van der Waals surface area contributed by atoms with Crippen LogP contribution in [0.3, 0.4) is 0 Å². The predicted molar refractivity (Wildman–Crippen MR) is 108 cm³/mol. The van der Waals surface area contributed by atoms with Gasteiger partial charge >= 0.3 is 0 Å². The predicted octanol–water partition coefficient (Wildman–Crippen LogP) is 2.60. The molecule has 3 N–H and O–H groups in total. The van der Waals surface area contributed by atoms with E-state index in [4.69, 9.17) is 10.6 Å². The summed E-state index contributed by atoms with van der Waals surface area (Å²) in [6.07, 6.45) is 0. The van der Waals surface area contributed by atoms with E-state index in [1.54, 1.807) is 31.4 Å². The highest BCUT2D eigenvalue weighted by Gasteiger charge is 2.14. The van der Waals surface area contributed by atoms with Crippen LogP contribution in [0.4, 0.5) is 5.69 Å². The molecule has 3 rings (SSSR count). The Morgan fingerprint density at radius 1 is 1.11 bits per heavy atom. The fraction of sp³-hybridized carbons (Fsp3) is 0.158. The molecule has 1 heterocycles. The van der Waals surface area contributed by atoms with E-state index in [9.17, 15) is 9.59 Å². The topological polar surface area (TPSA) is 112 Å². The standard InChI is InChI=1S/C19H19N5O3S/c1-12(25)13-3-7-15(8-4-13)21-17(26)11-28-19-23-22-18(24(19)20)14-5-9-16(27-2)10-6-14/h3-10H,11,20H2,1-2H3,(H,21,26). The lowest BCUT2D eigenvalue weighted by atomic mass is 10.1. The number of carbonyl (C=O) groups excluding carboxylic acids is 2. The summed E-state index contributed by atoms with van der Waals surface area (Å²) < 4.78 is 6.48. The van der Waals surface area contributed by atoms with Crippen LogP contribution in [0, 0.1) is 0 Å². The van der Waals surface area contributed by atoms with E-state index in [1.165, 1.54) is 23.4 Å². The van der Waals surface area contributed by atoms with Crippen molar-refractivity contribution in [2.75, 3.05) is 24.0 Å². The zero-order chi connectivity index (χ0) is 20.1. The summed E-state index contributed by atoms with van der Waals surface area (Å²) in [5.41, 5.74) is 2.00. The Bertz CT molecular complexity index is 984. The largest absolute Gasteiger partial charge is 0.497 e. The second-order valence-corrected chi connectivity index (χ2v) is 6.82. The fourth-order valence-electron chi connectivity index (χ4n) is 2.43. The van der Waals surface area contributed by atoms with Crippen LogP contribution in [0.25, 0.3) is 11.4 Å². The van der Waals surface area contributed by atoms with Crippen LogP contribution >= 0.6 is 11.8 Å². The van der Waals surface area contributed by atoms with Crippen molar-refractivity contribution in [2.45, 2.75) is 12.1 Å². The highest BCUT2D eigenvalue weighted by Crippen LogP contribution is 2.23. The van der Waals surface area contributed by atoms with E-state index in [-0.39, 0.29) is 17.4 Å². The van der Waals surface area contributed by atoms with E-state index in [2.05, 4.69) is 15.5 Å². The molecule has 1 aromatic heterocycles. The molecular formula is C19H19N5O3S. The molecule has 0 radical (unpaired) electrons. The lowest BCUT2D eigenvalue weighted by Gasteiger charge is -2.06. The zero-order valence-corrected chi connectivity index (χ0v) is 16.2. The molecule has 0 atom stereocenters. The number of nitrogens with two attached hydrogens (primary N) is 1. The molecule has 0 saturated heterocycles. The summed E-state index contributed by atoms with van der Waals surface area (Å²) in [5, 5.41) is 11.3. The molecule has 9 heteroatoms. The van der Waals surface area contributed by atoms with Crippen molar-refractivity contribution >= 4 is 29.1 Å². The number of ether oxygens (including phenoxy) is 1. The third kappa shape index (κ3) is 4.49. The van der Waals surface area contributed by atoms with Gasteiger partial charge in [-0.05, 0) is 55.5 Å². The number of carbonyl (C=O) groups is 2. The van der Waals surface area contributed by atoms with E-state index in [0.717, 1.165) is 11.3 Å². The van der Waals surface area contributed by atoms with Crippen LogP contribution in [0.5, 0.6) is 5.75 Å². The van der Waals surface area contributed by atoms with Crippen molar-refractivity contribution in [1.82, 2.24) is 14.9 Å². The van der Waals surface area contributed by atoms with E-state index in [1.807, 2.05) is 24.3 Å². The molecule has 3 aromatic rings. The van der Waals surface area contributed by atoms with Crippen LogP contribution in [0.15, 0.2) is 53.7 Å². The molecule has 28 heavy (non-hydrogen) atoms. The molecule has 0 spiro atoms. The quantitative estimate of drug-likeness (QED) is 0.358. The smallest absolute Gasteiger partial charge is 0.234 e. The Kier molecular flexibility index (Phi) is 5.95. The molecular weight excluding hydrogens is 378 g/mol. The van der Waals surface area contributed by atoms with Gasteiger partial charge < -0.3 is 15.9 Å². The third-order valence-corrected chi connectivity index (χ3v) is 4.86. The summed E-state index contributed by atoms with van der Waals surface area (Å²) >= 11 is 1.18. The second-order valence-electron chi connectivity index (χ2n) is 5.88. The Balaban J connectivity index is 1.60. The first-order chi connectivity index (χ1) is 13.5. The van der Waals surface area contributed by atoms with E-state index in [0.29, 0.717) is 22.2 Å². The van der Waals surface area contributed by atoms with Crippen molar-refractivity contribution in [1.29, 1.82) is 0 Å². The number of benzene rings is 2. The van der Waals surface area contributed by atoms with Gasteiger partial charge in [0.05, 0.1) is 12.9 Å². The molecule has 0 saturated carbocycles. The van der Waals surface area contributed by atoms with Crippen molar-refractivity contribution in [2.24, 2.45) is 0 Å². The van der Waals surface area contributed by atoms with Gasteiger partial charge in [0.15, 0.2) is 11.6 Å². The molecule has 1 amide bonds. The first kappa shape index (κ1) is 19.4. The van der Waals surface area contributed by atoms with Crippen molar-refractivity contribution in [3.05, 3.63) is 54.1 Å².